The molecule has 1 aromatic heterocycles. The molecule has 3 heteroatoms. The molecule has 3 aromatic rings. The summed E-state index contributed by atoms with van der Waals surface area (Å²) in [7, 11) is 1.59. The topological polar surface area (TPSA) is 42.4 Å². The minimum absolute atomic E-state index is 0.186. The summed E-state index contributed by atoms with van der Waals surface area (Å²) in [5, 5.41) is 13.3. The molecule has 0 bridgehead atoms. The smallest absolute Gasteiger partial charge is 0.138 e. The van der Waals surface area contributed by atoms with Gasteiger partial charge in [-0.15, -0.1) is 0 Å². The third kappa shape index (κ3) is 2.42. The van der Waals surface area contributed by atoms with Gasteiger partial charge in [-0.1, -0.05) is 48.5 Å². The summed E-state index contributed by atoms with van der Waals surface area (Å²) >= 11 is 0. The second-order valence-electron chi connectivity index (χ2n) is 5.06. The second kappa shape index (κ2) is 5.64. The second-order valence-corrected chi connectivity index (χ2v) is 5.06. The fourth-order valence-corrected chi connectivity index (χ4v) is 2.71. The molecule has 0 radical (unpaired) electrons. The van der Waals surface area contributed by atoms with Crippen molar-refractivity contribution in [1.29, 1.82) is 0 Å². The number of methoxy groups -OCH3 is 1. The first-order valence-corrected chi connectivity index (χ1v) is 6.86. The Kier molecular flexibility index (Phi) is 3.69. The Bertz CT molecular complexity index is 737. The fraction of sp³-hybridized carbons (Fsp3) is 0.167. The van der Waals surface area contributed by atoms with Crippen LogP contribution in [0, 0.1) is 0 Å². The van der Waals surface area contributed by atoms with Crippen molar-refractivity contribution < 1.29 is 9.84 Å². The van der Waals surface area contributed by atoms with Crippen LogP contribution < -0.4 is 0 Å². The molecular weight excluding hydrogens is 262 g/mol. The number of ether oxygens (including phenoxy) is 1. The summed E-state index contributed by atoms with van der Waals surface area (Å²) in [6.45, 7) is 0.186. The van der Waals surface area contributed by atoms with Crippen molar-refractivity contribution in [1.82, 2.24) is 4.98 Å². The molecule has 1 N–H and O–H groups in total. The van der Waals surface area contributed by atoms with Crippen LogP contribution in [0.5, 0.6) is 0 Å². The highest BCUT2D eigenvalue weighted by Gasteiger charge is 2.33. The number of hydrogen-bond acceptors (Lipinski definition) is 3. The highest BCUT2D eigenvalue weighted by atomic mass is 16.5. The zero-order valence-corrected chi connectivity index (χ0v) is 11.9. The van der Waals surface area contributed by atoms with Crippen LogP contribution in [0.1, 0.15) is 11.1 Å². The SMILES string of the molecule is COCC(O)(c1ccccc1)c1cccc2ccncc12. The van der Waals surface area contributed by atoms with Gasteiger partial charge in [-0.2, -0.15) is 0 Å². The summed E-state index contributed by atoms with van der Waals surface area (Å²) in [6.07, 6.45) is 3.54. The number of fused-ring (bicyclic) bond motifs is 1. The monoisotopic (exact) mass is 279 g/mol. The molecule has 21 heavy (non-hydrogen) atoms. The van der Waals surface area contributed by atoms with Crippen LogP contribution in [0.3, 0.4) is 0 Å². The first-order valence-electron chi connectivity index (χ1n) is 6.86. The average Bonchev–Trinajstić information content (AvgIpc) is 2.55. The molecule has 1 heterocycles. The number of hydrogen-bond donors (Lipinski definition) is 1. The number of aromatic nitrogens is 1. The lowest BCUT2D eigenvalue weighted by Crippen LogP contribution is -2.32. The molecular formula is C18H17NO2. The minimum Gasteiger partial charge on any atom is -0.381 e. The van der Waals surface area contributed by atoms with Gasteiger partial charge in [-0.3, -0.25) is 4.98 Å². The molecule has 0 saturated heterocycles. The van der Waals surface area contributed by atoms with Crippen molar-refractivity contribution in [3.63, 3.8) is 0 Å². The zero-order valence-electron chi connectivity index (χ0n) is 11.9. The van der Waals surface area contributed by atoms with Gasteiger partial charge in [0.15, 0.2) is 0 Å². The van der Waals surface area contributed by atoms with Crippen LogP contribution >= 0.6 is 0 Å². The summed E-state index contributed by atoms with van der Waals surface area (Å²) < 4.78 is 5.29. The number of aliphatic hydroxyl groups is 1. The van der Waals surface area contributed by atoms with Crippen molar-refractivity contribution in [2.45, 2.75) is 5.60 Å². The number of rotatable bonds is 4. The van der Waals surface area contributed by atoms with E-state index >= 15 is 0 Å². The van der Waals surface area contributed by atoms with Gasteiger partial charge in [-0.05, 0) is 22.6 Å². The number of nitrogens with zero attached hydrogens (tertiary/aromatic N) is 1. The Morgan fingerprint density at radius 3 is 2.62 bits per heavy atom. The van der Waals surface area contributed by atoms with Crippen molar-refractivity contribution in [2.75, 3.05) is 13.7 Å². The quantitative estimate of drug-likeness (QED) is 0.798. The van der Waals surface area contributed by atoms with Gasteiger partial charge in [-0.25, -0.2) is 0 Å². The summed E-state index contributed by atoms with van der Waals surface area (Å²) in [6, 6.07) is 17.4. The molecule has 0 fully saturated rings. The highest BCUT2D eigenvalue weighted by Crippen LogP contribution is 2.34. The van der Waals surface area contributed by atoms with E-state index in [4.69, 9.17) is 4.74 Å². The van der Waals surface area contributed by atoms with E-state index in [1.807, 2.05) is 54.6 Å². The predicted molar refractivity (Wildman–Crippen MR) is 83.1 cm³/mol. The molecule has 0 saturated carbocycles. The van der Waals surface area contributed by atoms with Crippen LogP contribution in [0.15, 0.2) is 67.0 Å². The van der Waals surface area contributed by atoms with Crippen molar-refractivity contribution in [2.24, 2.45) is 0 Å². The van der Waals surface area contributed by atoms with Crippen molar-refractivity contribution in [3.8, 4) is 0 Å². The van der Waals surface area contributed by atoms with E-state index in [0.29, 0.717) is 0 Å². The van der Waals surface area contributed by atoms with E-state index in [2.05, 4.69) is 4.98 Å². The third-order valence-corrected chi connectivity index (χ3v) is 3.73. The molecule has 0 spiro atoms. The summed E-state index contributed by atoms with van der Waals surface area (Å²) in [5.74, 6) is 0. The third-order valence-electron chi connectivity index (χ3n) is 3.73. The Labute approximate surface area is 123 Å². The first kappa shape index (κ1) is 13.7. The standard InChI is InChI=1S/C18H17NO2/c1-21-13-18(20,15-7-3-2-4-8-15)17-9-5-6-14-10-11-19-12-16(14)17/h2-12,20H,13H2,1H3. The van der Waals surface area contributed by atoms with E-state index in [1.54, 1.807) is 19.5 Å². The lowest BCUT2D eigenvalue weighted by Gasteiger charge is -2.29. The van der Waals surface area contributed by atoms with Crippen molar-refractivity contribution >= 4 is 10.8 Å². The lowest BCUT2D eigenvalue weighted by molar-refractivity contribution is -0.00222. The first-order chi connectivity index (χ1) is 10.3. The Hall–Kier alpha value is -2.23. The fourth-order valence-electron chi connectivity index (χ4n) is 2.71. The molecule has 1 atom stereocenters. The van der Waals surface area contributed by atoms with Gasteiger partial charge < -0.3 is 9.84 Å². The molecule has 2 aromatic carbocycles. The van der Waals surface area contributed by atoms with E-state index in [1.165, 1.54) is 0 Å². The number of pyridine rings is 1. The molecule has 0 amide bonds. The lowest BCUT2D eigenvalue weighted by atomic mass is 9.84. The van der Waals surface area contributed by atoms with Crippen LogP contribution in [-0.2, 0) is 10.3 Å². The van der Waals surface area contributed by atoms with Gasteiger partial charge in [0.05, 0.1) is 6.61 Å². The largest absolute Gasteiger partial charge is 0.381 e. The number of benzene rings is 2. The molecule has 0 aliphatic rings. The predicted octanol–water partition coefficient (Wildman–Crippen LogP) is 3.12. The van der Waals surface area contributed by atoms with E-state index in [0.717, 1.165) is 21.9 Å². The van der Waals surface area contributed by atoms with E-state index in [9.17, 15) is 5.11 Å². The van der Waals surface area contributed by atoms with Gasteiger partial charge >= 0.3 is 0 Å². The average molecular weight is 279 g/mol. The van der Waals surface area contributed by atoms with E-state index < -0.39 is 5.60 Å². The molecule has 0 aliphatic carbocycles. The van der Waals surface area contributed by atoms with Gasteiger partial charge in [0.1, 0.15) is 5.60 Å². The van der Waals surface area contributed by atoms with Crippen LogP contribution in [0.4, 0.5) is 0 Å². The van der Waals surface area contributed by atoms with Gasteiger partial charge in [0.2, 0.25) is 0 Å². The summed E-state index contributed by atoms with van der Waals surface area (Å²) in [5.41, 5.74) is 0.419. The Morgan fingerprint density at radius 2 is 1.86 bits per heavy atom. The molecule has 1 unspecified atom stereocenters. The maximum atomic E-state index is 11.3. The maximum Gasteiger partial charge on any atom is 0.138 e. The van der Waals surface area contributed by atoms with Crippen molar-refractivity contribution in [3.05, 3.63) is 78.1 Å². The zero-order chi connectivity index (χ0) is 14.7. The maximum absolute atomic E-state index is 11.3. The Morgan fingerprint density at radius 1 is 1.05 bits per heavy atom. The molecule has 3 nitrogen and oxygen atoms in total. The van der Waals surface area contributed by atoms with Crippen LogP contribution in [-0.4, -0.2) is 23.8 Å². The van der Waals surface area contributed by atoms with Gasteiger partial charge in [0.25, 0.3) is 0 Å². The van der Waals surface area contributed by atoms with Crippen LogP contribution in [0.25, 0.3) is 10.8 Å². The molecule has 3 rings (SSSR count). The highest BCUT2D eigenvalue weighted by molar-refractivity contribution is 5.86. The molecule has 106 valence electrons. The Balaban J connectivity index is 2.25. The van der Waals surface area contributed by atoms with Gasteiger partial charge in [0, 0.05) is 24.9 Å². The van der Waals surface area contributed by atoms with Crippen LogP contribution in [0.2, 0.25) is 0 Å². The molecule has 0 aliphatic heterocycles. The summed E-state index contributed by atoms with van der Waals surface area (Å²) in [4.78, 5) is 4.19. The normalized spacial score (nSPS) is 14.0. The van der Waals surface area contributed by atoms with E-state index in [-0.39, 0.29) is 6.61 Å². The minimum atomic E-state index is -1.20.